The molecule has 0 heterocycles. The van der Waals surface area contributed by atoms with Crippen LogP contribution in [-0.4, -0.2) is 28.6 Å². The van der Waals surface area contributed by atoms with Crippen LogP contribution >= 0.6 is 0 Å². The highest BCUT2D eigenvalue weighted by Gasteiger charge is 2.34. The van der Waals surface area contributed by atoms with E-state index in [0.717, 1.165) is 12.1 Å². The lowest BCUT2D eigenvalue weighted by molar-refractivity contribution is 0.0561. The van der Waals surface area contributed by atoms with Crippen LogP contribution in [0.5, 0.6) is 0 Å². The van der Waals surface area contributed by atoms with Crippen LogP contribution in [0, 0.1) is 6.92 Å². The van der Waals surface area contributed by atoms with Crippen molar-refractivity contribution in [2.24, 2.45) is 0 Å². The number of aliphatic hydroxyl groups excluding tert-OH is 1. The fraction of sp³-hybridized carbons (Fsp3) is 0.600. The van der Waals surface area contributed by atoms with E-state index >= 15 is 0 Å². The van der Waals surface area contributed by atoms with E-state index in [1.54, 1.807) is 0 Å². The van der Waals surface area contributed by atoms with Crippen molar-refractivity contribution in [3.05, 3.63) is 35.4 Å². The molecule has 1 aliphatic carbocycles. The van der Waals surface area contributed by atoms with Crippen LogP contribution in [0.2, 0.25) is 0 Å². The third kappa shape index (κ3) is 2.88. The summed E-state index contributed by atoms with van der Waals surface area (Å²) in [6.45, 7) is 7.40. The van der Waals surface area contributed by atoms with E-state index < -0.39 is 0 Å². The van der Waals surface area contributed by atoms with Gasteiger partial charge in [-0.25, -0.2) is 0 Å². The molecule has 0 saturated heterocycles. The van der Waals surface area contributed by atoms with Gasteiger partial charge in [0.2, 0.25) is 0 Å². The molecule has 2 nitrogen and oxygen atoms in total. The maximum atomic E-state index is 10.4. The number of hydrogen-bond acceptors (Lipinski definition) is 2. The van der Waals surface area contributed by atoms with E-state index in [1.807, 2.05) is 12.1 Å². The van der Waals surface area contributed by atoms with Gasteiger partial charge in [0.1, 0.15) is 0 Å². The molecule has 1 saturated carbocycles. The molecule has 1 aliphatic rings. The van der Waals surface area contributed by atoms with Crippen LogP contribution in [0.1, 0.15) is 43.9 Å². The molecule has 2 unspecified atom stereocenters. The van der Waals surface area contributed by atoms with Gasteiger partial charge in [0.25, 0.3) is 0 Å². The summed E-state index contributed by atoms with van der Waals surface area (Å²) in [5.41, 5.74) is 2.27. The van der Waals surface area contributed by atoms with Gasteiger partial charge in [0.05, 0.1) is 6.10 Å². The van der Waals surface area contributed by atoms with Crippen LogP contribution in [-0.2, 0) is 0 Å². The Morgan fingerprint density at radius 1 is 1.29 bits per heavy atom. The average Bonchev–Trinajstić information content (AvgIpc) is 3.14. The standard InChI is InChI=1S/C15H23NO/c1-4-16(14-9-10-14)12(3)15(17)13-7-5-11(2)6-8-13/h5-8,12,14-15,17H,4,9-10H2,1-3H3. The van der Waals surface area contributed by atoms with Crippen molar-refractivity contribution in [1.29, 1.82) is 0 Å². The van der Waals surface area contributed by atoms with E-state index in [4.69, 9.17) is 0 Å². The molecule has 2 atom stereocenters. The summed E-state index contributed by atoms with van der Waals surface area (Å²) in [5.74, 6) is 0. The number of nitrogens with zero attached hydrogens (tertiary/aromatic N) is 1. The van der Waals surface area contributed by atoms with Crippen LogP contribution in [0.3, 0.4) is 0 Å². The molecule has 17 heavy (non-hydrogen) atoms. The summed E-state index contributed by atoms with van der Waals surface area (Å²) in [7, 11) is 0. The lowest BCUT2D eigenvalue weighted by atomic mass is 10.0. The van der Waals surface area contributed by atoms with E-state index in [9.17, 15) is 5.11 Å². The highest BCUT2D eigenvalue weighted by molar-refractivity contribution is 5.24. The molecule has 1 fully saturated rings. The molecule has 94 valence electrons. The largest absolute Gasteiger partial charge is 0.387 e. The average molecular weight is 233 g/mol. The smallest absolute Gasteiger partial charge is 0.0942 e. The normalized spacial score (nSPS) is 19.4. The van der Waals surface area contributed by atoms with Crippen LogP contribution < -0.4 is 0 Å². The Morgan fingerprint density at radius 3 is 2.35 bits per heavy atom. The third-order valence-corrected chi connectivity index (χ3v) is 3.78. The number of rotatable bonds is 5. The maximum absolute atomic E-state index is 10.4. The molecular formula is C15H23NO. The van der Waals surface area contributed by atoms with E-state index in [1.165, 1.54) is 18.4 Å². The Labute approximate surface area is 104 Å². The van der Waals surface area contributed by atoms with Crippen molar-refractivity contribution in [2.75, 3.05) is 6.54 Å². The Hall–Kier alpha value is -0.860. The second-order valence-corrected chi connectivity index (χ2v) is 5.16. The van der Waals surface area contributed by atoms with Gasteiger partial charge in [-0.05, 0) is 38.8 Å². The number of benzene rings is 1. The van der Waals surface area contributed by atoms with E-state index in [0.29, 0.717) is 6.04 Å². The molecule has 1 N–H and O–H groups in total. The summed E-state index contributed by atoms with van der Waals surface area (Å²) in [4.78, 5) is 2.42. The highest BCUT2D eigenvalue weighted by atomic mass is 16.3. The predicted octanol–water partition coefficient (Wildman–Crippen LogP) is 2.90. The van der Waals surface area contributed by atoms with Crippen LogP contribution in [0.25, 0.3) is 0 Å². The zero-order valence-electron chi connectivity index (χ0n) is 11.1. The minimum atomic E-state index is -0.379. The van der Waals surface area contributed by atoms with Gasteiger partial charge in [-0.1, -0.05) is 36.8 Å². The Morgan fingerprint density at radius 2 is 1.88 bits per heavy atom. The first kappa shape index (κ1) is 12.6. The minimum absolute atomic E-state index is 0.204. The quantitative estimate of drug-likeness (QED) is 0.845. The van der Waals surface area contributed by atoms with Gasteiger partial charge in [-0.2, -0.15) is 0 Å². The predicted molar refractivity (Wildman–Crippen MR) is 71.0 cm³/mol. The van der Waals surface area contributed by atoms with Crippen molar-refractivity contribution in [2.45, 2.75) is 51.8 Å². The first-order valence-corrected chi connectivity index (χ1v) is 6.64. The van der Waals surface area contributed by atoms with Crippen molar-refractivity contribution >= 4 is 0 Å². The number of aryl methyl sites for hydroxylation is 1. The zero-order valence-corrected chi connectivity index (χ0v) is 11.1. The molecule has 0 radical (unpaired) electrons. The highest BCUT2D eigenvalue weighted by Crippen LogP contribution is 2.32. The first-order chi connectivity index (χ1) is 8.13. The molecule has 0 aromatic heterocycles. The first-order valence-electron chi connectivity index (χ1n) is 6.64. The molecule has 0 spiro atoms. The topological polar surface area (TPSA) is 23.5 Å². The fourth-order valence-corrected chi connectivity index (χ4v) is 2.51. The van der Waals surface area contributed by atoms with Gasteiger partial charge in [-0.3, -0.25) is 4.90 Å². The molecule has 1 aromatic carbocycles. The van der Waals surface area contributed by atoms with Gasteiger partial charge in [-0.15, -0.1) is 0 Å². The summed E-state index contributed by atoms with van der Waals surface area (Å²) < 4.78 is 0. The summed E-state index contributed by atoms with van der Waals surface area (Å²) >= 11 is 0. The second-order valence-electron chi connectivity index (χ2n) is 5.16. The molecule has 0 aliphatic heterocycles. The Balaban J connectivity index is 2.07. The minimum Gasteiger partial charge on any atom is -0.387 e. The molecule has 2 rings (SSSR count). The van der Waals surface area contributed by atoms with Crippen molar-refractivity contribution in [3.8, 4) is 0 Å². The van der Waals surface area contributed by atoms with Crippen molar-refractivity contribution < 1.29 is 5.11 Å². The number of aliphatic hydroxyl groups is 1. The Bertz CT molecular complexity index is 356. The summed E-state index contributed by atoms with van der Waals surface area (Å²) in [5, 5.41) is 10.4. The van der Waals surface area contributed by atoms with E-state index in [2.05, 4.69) is 37.8 Å². The fourth-order valence-electron chi connectivity index (χ4n) is 2.51. The SMILES string of the molecule is CCN(C1CC1)C(C)C(O)c1ccc(C)cc1. The van der Waals surface area contributed by atoms with Gasteiger partial charge < -0.3 is 5.11 Å². The monoisotopic (exact) mass is 233 g/mol. The van der Waals surface area contributed by atoms with Gasteiger partial charge in [0, 0.05) is 12.1 Å². The van der Waals surface area contributed by atoms with Crippen molar-refractivity contribution in [3.63, 3.8) is 0 Å². The van der Waals surface area contributed by atoms with E-state index in [-0.39, 0.29) is 12.1 Å². The lowest BCUT2D eigenvalue weighted by Crippen LogP contribution is -2.39. The summed E-state index contributed by atoms with van der Waals surface area (Å²) in [6.07, 6.45) is 2.20. The van der Waals surface area contributed by atoms with Crippen LogP contribution in [0.15, 0.2) is 24.3 Å². The van der Waals surface area contributed by atoms with Crippen LogP contribution in [0.4, 0.5) is 0 Å². The third-order valence-electron chi connectivity index (χ3n) is 3.78. The molecule has 1 aromatic rings. The molecule has 0 bridgehead atoms. The van der Waals surface area contributed by atoms with Gasteiger partial charge in [0.15, 0.2) is 0 Å². The molecule has 0 amide bonds. The Kier molecular flexibility index (Phi) is 3.85. The molecule has 2 heteroatoms. The maximum Gasteiger partial charge on any atom is 0.0942 e. The molecular weight excluding hydrogens is 210 g/mol. The van der Waals surface area contributed by atoms with Crippen molar-refractivity contribution in [1.82, 2.24) is 4.90 Å². The summed E-state index contributed by atoms with van der Waals surface area (Å²) in [6, 6.07) is 9.12. The number of hydrogen-bond donors (Lipinski definition) is 1. The second kappa shape index (κ2) is 5.19. The van der Waals surface area contributed by atoms with Gasteiger partial charge >= 0.3 is 0 Å². The lowest BCUT2D eigenvalue weighted by Gasteiger charge is -2.31. The zero-order chi connectivity index (χ0) is 12.4. The number of likely N-dealkylation sites (N-methyl/N-ethyl adjacent to an activating group) is 1.